The number of carbonyl (C=O) groups is 1. The number of sulfone groups is 1. The smallest absolute Gasteiger partial charge is 0.374 e. The summed E-state index contributed by atoms with van der Waals surface area (Å²) in [5.41, 5.74) is 0.239. The molecule has 1 heterocycles. The van der Waals surface area contributed by atoms with Crippen LogP contribution in [0.15, 0.2) is 34.9 Å². The number of carbonyl (C=O) groups excluding carboxylic acids is 1. The summed E-state index contributed by atoms with van der Waals surface area (Å²) in [5.74, 6) is -0.560. The Morgan fingerprint density at radius 2 is 1.71 bits per heavy atom. The molecule has 0 saturated heterocycles. The number of cyclic esters (lactones) is 1. The number of benzene rings is 1. The lowest BCUT2D eigenvalue weighted by Crippen LogP contribution is -2.24. The number of ether oxygens (including phenoxy) is 2. The Morgan fingerprint density at radius 1 is 1.17 bits per heavy atom. The molecule has 1 aliphatic rings. The first kappa shape index (κ1) is 18.5. The zero-order chi connectivity index (χ0) is 18.3. The van der Waals surface area contributed by atoms with E-state index in [9.17, 15) is 18.3 Å². The molecular formula is C17H22O6S. The third kappa shape index (κ3) is 3.62. The van der Waals surface area contributed by atoms with E-state index >= 15 is 0 Å². The van der Waals surface area contributed by atoms with Gasteiger partial charge >= 0.3 is 5.97 Å². The first-order valence-electron chi connectivity index (χ1n) is 7.57. The van der Waals surface area contributed by atoms with Crippen molar-refractivity contribution in [2.24, 2.45) is 0 Å². The van der Waals surface area contributed by atoms with Crippen LogP contribution in [0.4, 0.5) is 0 Å². The van der Waals surface area contributed by atoms with E-state index in [1.165, 1.54) is 12.1 Å². The molecule has 6 nitrogen and oxygen atoms in total. The molecule has 0 fully saturated rings. The van der Waals surface area contributed by atoms with Gasteiger partial charge in [0.15, 0.2) is 9.84 Å². The summed E-state index contributed by atoms with van der Waals surface area (Å²) in [6.45, 7) is 6.68. The van der Waals surface area contributed by atoms with Crippen LogP contribution in [0.3, 0.4) is 0 Å². The fraction of sp³-hybridized carbons (Fsp3) is 0.471. The molecular weight excluding hydrogens is 332 g/mol. The summed E-state index contributed by atoms with van der Waals surface area (Å²) in [7, 11) is -3.30. The van der Waals surface area contributed by atoms with Gasteiger partial charge in [-0.25, -0.2) is 13.2 Å². The highest BCUT2D eigenvalue weighted by Crippen LogP contribution is 2.40. The second kappa shape index (κ2) is 6.22. The molecule has 1 aliphatic heterocycles. The molecule has 0 aromatic heterocycles. The second-order valence-electron chi connectivity index (χ2n) is 6.46. The lowest BCUT2D eigenvalue weighted by molar-refractivity contribution is -0.148. The minimum absolute atomic E-state index is 0.0421. The Balaban J connectivity index is 2.52. The molecule has 132 valence electrons. The van der Waals surface area contributed by atoms with E-state index in [1.54, 1.807) is 39.8 Å². The van der Waals surface area contributed by atoms with Gasteiger partial charge in [-0.2, -0.15) is 0 Å². The topological polar surface area (TPSA) is 89.9 Å². The first-order valence-corrected chi connectivity index (χ1v) is 9.46. The van der Waals surface area contributed by atoms with Crippen molar-refractivity contribution in [2.75, 3.05) is 6.26 Å². The molecule has 24 heavy (non-hydrogen) atoms. The molecule has 0 bridgehead atoms. The minimum atomic E-state index is -3.30. The van der Waals surface area contributed by atoms with Crippen molar-refractivity contribution in [3.63, 3.8) is 0 Å². The molecule has 1 aromatic rings. The van der Waals surface area contributed by atoms with Gasteiger partial charge in [-0.1, -0.05) is 12.1 Å². The normalized spacial score (nSPS) is 19.8. The van der Waals surface area contributed by atoms with Crippen LogP contribution >= 0.6 is 0 Å². The van der Waals surface area contributed by atoms with Gasteiger partial charge in [0.1, 0.15) is 11.7 Å². The molecule has 2 rings (SSSR count). The maximum atomic E-state index is 12.2. The van der Waals surface area contributed by atoms with E-state index in [0.717, 1.165) is 6.26 Å². The van der Waals surface area contributed by atoms with Crippen molar-refractivity contribution in [3.8, 4) is 0 Å². The maximum absolute atomic E-state index is 12.2. The summed E-state index contributed by atoms with van der Waals surface area (Å²) < 4.78 is 34.2. The van der Waals surface area contributed by atoms with Crippen LogP contribution in [0.2, 0.25) is 0 Å². The summed E-state index contributed by atoms with van der Waals surface area (Å²) in [6.07, 6.45) is -0.221. The zero-order valence-corrected chi connectivity index (χ0v) is 15.2. The molecule has 1 N–H and O–H groups in total. The van der Waals surface area contributed by atoms with Crippen LogP contribution in [-0.4, -0.2) is 43.6 Å². The van der Waals surface area contributed by atoms with Gasteiger partial charge in [0.05, 0.1) is 16.6 Å². The van der Waals surface area contributed by atoms with Crippen molar-refractivity contribution in [1.82, 2.24) is 0 Å². The molecule has 1 aromatic carbocycles. The highest BCUT2D eigenvalue weighted by molar-refractivity contribution is 7.90. The maximum Gasteiger partial charge on any atom is 0.374 e. The lowest BCUT2D eigenvalue weighted by Gasteiger charge is -2.22. The molecule has 0 radical (unpaired) electrons. The van der Waals surface area contributed by atoms with E-state index in [0.29, 0.717) is 11.1 Å². The summed E-state index contributed by atoms with van der Waals surface area (Å²) >= 11 is 0. The third-order valence-electron chi connectivity index (χ3n) is 3.92. The van der Waals surface area contributed by atoms with Crippen molar-refractivity contribution in [1.29, 1.82) is 0 Å². The average Bonchev–Trinajstić information content (AvgIpc) is 2.67. The monoisotopic (exact) mass is 354 g/mol. The Kier molecular flexibility index (Phi) is 4.79. The molecule has 7 heteroatoms. The molecule has 0 spiro atoms. The molecule has 0 unspecified atom stereocenters. The number of esters is 1. The number of aliphatic hydroxyl groups excluding tert-OH is 1. The predicted molar refractivity (Wildman–Crippen MR) is 88.9 cm³/mol. The Labute approximate surface area is 142 Å². The third-order valence-corrected chi connectivity index (χ3v) is 5.05. The highest BCUT2D eigenvalue weighted by atomic mass is 32.2. The van der Waals surface area contributed by atoms with Crippen LogP contribution in [0.1, 0.15) is 33.3 Å². The molecule has 2 atom stereocenters. The van der Waals surface area contributed by atoms with Gasteiger partial charge < -0.3 is 14.6 Å². The van der Waals surface area contributed by atoms with Crippen molar-refractivity contribution >= 4 is 21.4 Å². The van der Waals surface area contributed by atoms with Gasteiger partial charge in [0.25, 0.3) is 0 Å². The van der Waals surface area contributed by atoms with Crippen molar-refractivity contribution in [2.45, 2.75) is 50.4 Å². The molecule has 0 aliphatic carbocycles. The van der Waals surface area contributed by atoms with Gasteiger partial charge in [0, 0.05) is 6.26 Å². The van der Waals surface area contributed by atoms with Crippen LogP contribution in [0.25, 0.3) is 5.57 Å². The number of hydrogen-bond acceptors (Lipinski definition) is 6. The quantitative estimate of drug-likeness (QED) is 0.813. The van der Waals surface area contributed by atoms with E-state index in [2.05, 4.69) is 0 Å². The number of rotatable bonds is 5. The zero-order valence-electron chi connectivity index (χ0n) is 14.4. The number of hydrogen-bond donors (Lipinski definition) is 1. The fourth-order valence-electron chi connectivity index (χ4n) is 2.44. The summed E-state index contributed by atoms with van der Waals surface area (Å²) in [4.78, 5) is 12.4. The fourth-order valence-corrected chi connectivity index (χ4v) is 3.07. The van der Waals surface area contributed by atoms with Gasteiger partial charge in [0.2, 0.25) is 5.76 Å². The second-order valence-corrected chi connectivity index (χ2v) is 8.48. The van der Waals surface area contributed by atoms with E-state index in [4.69, 9.17) is 9.47 Å². The first-order chi connectivity index (χ1) is 10.9. The van der Waals surface area contributed by atoms with Crippen LogP contribution in [-0.2, 0) is 24.1 Å². The van der Waals surface area contributed by atoms with E-state index in [-0.39, 0.29) is 10.7 Å². The van der Waals surface area contributed by atoms with Crippen molar-refractivity contribution in [3.05, 3.63) is 35.6 Å². The van der Waals surface area contributed by atoms with Crippen LogP contribution in [0.5, 0.6) is 0 Å². The van der Waals surface area contributed by atoms with Crippen LogP contribution < -0.4 is 0 Å². The van der Waals surface area contributed by atoms with Crippen LogP contribution in [0, 0.1) is 0 Å². The minimum Gasteiger partial charge on any atom is -0.480 e. The largest absolute Gasteiger partial charge is 0.480 e. The SMILES string of the molecule is C[C@H](OC1=C(c2ccc(S(C)(=O)=O)cc2)C(C)(C)OC1=O)[C@@H](C)O. The summed E-state index contributed by atoms with van der Waals surface area (Å²) in [6, 6.07) is 6.19. The van der Waals surface area contributed by atoms with Gasteiger partial charge in [-0.15, -0.1) is 0 Å². The Bertz CT molecular complexity index is 772. The number of aliphatic hydroxyl groups is 1. The van der Waals surface area contributed by atoms with Crippen molar-refractivity contribution < 1.29 is 27.8 Å². The standard InChI is InChI=1S/C17H22O6S/c1-10(18)11(2)22-15-14(17(3,4)23-16(15)19)12-6-8-13(9-7-12)24(5,20)21/h6-11,18H,1-5H3/t10-,11+/m1/s1. The Hall–Kier alpha value is -1.86. The molecule has 0 saturated carbocycles. The van der Waals surface area contributed by atoms with E-state index in [1.807, 2.05) is 0 Å². The Morgan fingerprint density at radius 3 is 2.17 bits per heavy atom. The highest BCUT2D eigenvalue weighted by Gasteiger charge is 2.43. The van der Waals surface area contributed by atoms with E-state index < -0.39 is 33.6 Å². The predicted octanol–water partition coefficient (Wildman–Crippen LogP) is 1.92. The summed E-state index contributed by atoms with van der Waals surface area (Å²) in [5, 5.41) is 9.61. The lowest BCUT2D eigenvalue weighted by atomic mass is 9.92. The molecule has 0 amide bonds. The van der Waals surface area contributed by atoms with Gasteiger partial charge in [-0.3, -0.25) is 0 Å². The average molecular weight is 354 g/mol. The van der Waals surface area contributed by atoms with Gasteiger partial charge in [-0.05, 0) is 45.4 Å².